The molecule has 5 nitrogen and oxygen atoms in total. The first-order valence-electron chi connectivity index (χ1n) is 7.47. The number of aliphatic carboxylic acids is 1. The van der Waals surface area contributed by atoms with Crippen LogP contribution in [-0.4, -0.2) is 23.6 Å². The standard InChI is InChI=1S/C18H19NO4/c1-3-13-9-5-6-10-14(13)19(17(20)18(21)22)15-11-7-8-12-16(15)23-4-2/h5-12H,3-4H2,1-2H3,(H,21,22). The Morgan fingerprint density at radius 1 is 1.00 bits per heavy atom. The maximum Gasteiger partial charge on any atom is 0.395 e. The van der Waals surface area contributed by atoms with Gasteiger partial charge in [0, 0.05) is 0 Å². The third kappa shape index (κ3) is 3.51. The zero-order chi connectivity index (χ0) is 16.8. The van der Waals surface area contributed by atoms with Crippen molar-refractivity contribution in [2.45, 2.75) is 20.3 Å². The maximum atomic E-state index is 12.3. The number of ether oxygens (including phenoxy) is 1. The molecular weight excluding hydrogens is 294 g/mol. The van der Waals surface area contributed by atoms with Gasteiger partial charge in [0.1, 0.15) is 5.75 Å². The van der Waals surface area contributed by atoms with Crippen LogP contribution < -0.4 is 9.64 Å². The number of carboxylic acid groups (broad SMARTS) is 1. The summed E-state index contributed by atoms with van der Waals surface area (Å²) in [5, 5.41) is 9.23. The molecular formula is C18H19NO4. The van der Waals surface area contributed by atoms with E-state index in [-0.39, 0.29) is 0 Å². The van der Waals surface area contributed by atoms with Crippen molar-refractivity contribution in [3.63, 3.8) is 0 Å². The third-order valence-electron chi connectivity index (χ3n) is 3.41. The first kappa shape index (κ1) is 16.5. The van der Waals surface area contributed by atoms with Crippen molar-refractivity contribution in [2.75, 3.05) is 11.5 Å². The van der Waals surface area contributed by atoms with Crippen molar-refractivity contribution in [2.24, 2.45) is 0 Å². The summed E-state index contributed by atoms with van der Waals surface area (Å²) in [6.07, 6.45) is 0.677. The van der Waals surface area contributed by atoms with Gasteiger partial charge >= 0.3 is 11.9 Å². The molecule has 0 unspecified atom stereocenters. The van der Waals surface area contributed by atoms with E-state index in [0.717, 1.165) is 5.56 Å². The summed E-state index contributed by atoms with van der Waals surface area (Å²) < 4.78 is 5.56. The third-order valence-corrected chi connectivity index (χ3v) is 3.41. The van der Waals surface area contributed by atoms with Crippen LogP contribution in [0.3, 0.4) is 0 Å². The Kier molecular flexibility index (Phi) is 5.36. The van der Waals surface area contributed by atoms with Crippen LogP contribution in [0, 0.1) is 0 Å². The zero-order valence-corrected chi connectivity index (χ0v) is 13.2. The van der Waals surface area contributed by atoms with Crippen molar-refractivity contribution in [3.8, 4) is 5.75 Å². The van der Waals surface area contributed by atoms with Crippen LogP contribution >= 0.6 is 0 Å². The van der Waals surface area contributed by atoms with E-state index in [1.54, 1.807) is 36.4 Å². The van der Waals surface area contributed by atoms with Gasteiger partial charge in [0.15, 0.2) is 0 Å². The number of nitrogens with zero attached hydrogens (tertiary/aromatic N) is 1. The number of amides is 1. The summed E-state index contributed by atoms with van der Waals surface area (Å²) in [5.74, 6) is -2.06. The number of aryl methyl sites for hydroxylation is 1. The van der Waals surface area contributed by atoms with Gasteiger partial charge in [0.25, 0.3) is 0 Å². The maximum absolute atomic E-state index is 12.3. The number of para-hydroxylation sites is 3. The van der Waals surface area contributed by atoms with E-state index in [2.05, 4.69) is 0 Å². The molecule has 0 spiro atoms. The highest BCUT2D eigenvalue weighted by Crippen LogP contribution is 2.35. The molecule has 0 atom stereocenters. The highest BCUT2D eigenvalue weighted by molar-refractivity contribution is 6.39. The molecule has 0 aromatic heterocycles. The fourth-order valence-electron chi connectivity index (χ4n) is 2.39. The molecule has 2 aromatic carbocycles. The normalized spacial score (nSPS) is 10.2. The van der Waals surface area contributed by atoms with Crippen LogP contribution in [0.2, 0.25) is 0 Å². The van der Waals surface area contributed by atoms with Crippen molar-refractivity contribution >= 4 is 23.3 Å². The van der Waals surface area contributed by atoms with Gasteiger partial charge in [-0.05, 0) is 37.1 Å². The molecule has 0 radical (unpaired) electrons. The minimum atomic E-state index is -1.51. The number of benzene rings is 2. The minimum Gasteiger partial charge on any atom is -0.492 e. The lowest BCUT2D eigenvalue weighted by Crippen LogP contribution is -2.33. The van der Waals surface area contributed by atoms with Crippen molar-refractivity contribution in [3.05, 3.63) is 54.1 Å². The second-order valence-corrected chi connectivity index (χ2v) is 4.83. The lowest BCUT2D eigenvalue weighted by molar-refractivity contribution is -0.148. The Morgan fingerprint density at radius 2 is 1.61 bits per heavy atom. The number of hydrogen-bond donors (Lipinski definition) is 1. The molecule has 2 rings (SSSR count). The molecule has 1 N–H and O–H groups in total. The van der Waals surface area contributed by atoms with Gasteiger partial charge in [0.05, 0.1) is 18.0 Å². The topological polar surface area (TPSA) is 66.8 Å². The summed E-state index contributed by atoms with van der Waals surface area (Å²) in [4.78, 5) is 24.9. The number of rotatable bonds is 5. The second kappa shape index (κ2) is 7.45. The average molecular weight is 313 g/mol. The molecule has 0 heterocycles. The summed E-state index contributed by atoms with van der Waals surface area (Å²) in [6, 6.07) is 14.2. The first-order chi connectivity index (χ1) is 11.1. The minimum absolute atomic E-state index is 0.418. The fraction of sp³-hybridized carbons (Fsp3) is 0.222. The van der Waals surface area contributed by atoms with Gasteiger partial charge < -0.3 is 9.84 Å². The van der Waals surface area contributed by atoms with Crippen molar-refractivity contribution in [1.82, 2.24) is 0 Å². The van der Waals surface area contributed by atoms with E-state index in [9.17, 15) is 14.7 Å². The van der Waals surface area contributed by atoms with Crippen LogP contribution in [0.15, 0.2) is 48.5 Å². The number of anilines is 2. The number of carboxylic acids is 1. The van der Waals surface area contributed by atoms with Gasteiger partial charge in [-0.15, -0.1) is 0 Å². The van der Waals surface area contributed by atoms with E-state index in [1.165, 1.54) is 4.90 Å². The Labute approximate surface area is 135 Å². The molecule has 0 aliphatic carbocycles. The molecule has 23 heavy (non-hydrogen) atoms. The van der Waals surface area contributed by atoms with Crippen LogP contribution in [0.4, 0.5) is 11.4 Å². The summed E-state index contributed by atoms with van der Waals surface area (Å²) in [7, 11) is 0. The molecule has 0 aliphatic rings. The van der Waals surface area contributed by atoms with Gasteiger partial charge in [-0.1, -0.05) is 37.3 Å². The summed E-state index contributed by atoms with van der Waals surface area (Å²) in [6.45, 7) is 4.21. The predicted octanol–water partition coefficient (Wildman–Crippen LogP) is 3.40. The lowest BCUT2D eigenvalue weighted by atomic mass is 10.1. The molecule has 0 saturated heterocycles. The van der Waals surface area contributed by atoms with E-state index < -0.39 is 11.9 Å². The van der Waals surface area contributed by atoms with E-state index in [1.807, 2.05) is 26.0 Å². The van der Waals surface area contributed by atoms with Crippen LogP contribution in [-0.2, 0) is 16.0 Å². The molecule has 0 aliphatic heterocycles. The molecule has 1 amide bonds. The highest BCUT2D eigenvalue weighted by atomic mass is 16.5. The zero-order valence-electron chi connectivity index (χ0n) is 13.2. The van der Waals surface area contributed by atoms with Gasteiger partial charge in [-0.25, -0.2) is 4.79 Å². The Bertz CT molecular complexity index is 712. The van der Waals surface area contributed by atoms with Gasteiger partial charge in [-0.2, -0.15) is 0 Å². The monoisotopic (exact) mass is 313 g/mol. The molecule has 0 fully saturated rings. The van der Waals surface area contributed by atoms with Crippen LogP contribution in [0.25, 0.3) is 0 Å². The Balaban J connectivity index is 2.65. The number of carbonyl (C=O) groups is 2. The number of carbonyl (C=O) groups excluding carboxylic acids is 1. The van der Waals surface area contributed by atoms with E-state index >= 15 is 0 Å². The fourth-order valence-corrected chi connectivity index (χ4v) is 2.39. The van der Waals surface area contributed by atoms with Crippen LogP contribution in [0.5, 0.6) is 5.75 Å². The quantitative estimate of drug-likeness (QED) is 0.859. The smallest absolute Gasteiger partial charge is 0.395 e. The van der Waals surface area contributed by atoms with Gasteiger partial charge in [0.2, 0.25) is 0 Å². The summed E-state index contributed by atoms with van der Waals surface area (Å²) >= 11 is 0. The highest BCUT2D eigenvalue weighted by Gasteiger charge is 2.28. The Hall–Kier alpha value is -2.82. The van der Waals surface area contributed by atoms with E-state index in [0.29, 0.717) is 30.2 Å². The average Bonchev–Trinajstić information content (AvgIpc) is 2.57. The molecule has 120 valence electrons. The predicted molar refractivity (Wildman–Crippen MR) is 88.2 cm³/mol. The molecule has 0 bridgehead atoms. The molecule has 0 saturated carbocycles. The second-order valence-electron chi connectivity index (χ2n) is 4.83. The number of hydrogen-bond acceptors (Lipinski definition) is 3. The SMILES string of the molecule is CCOc1ccccc1N(C(=O)C(=O)O)c1ccccc1CC. The van der Waals surface area contributed by atoms with Crippen molar-refractivity contribution < 1.29 is 19.4 Å². The molecule has 2 aromatic rings. The van der Waals surface area contributed by atoms with Gasteiger partial charge in [-0.3, -0.25) is 9.69 Å². The summed E-state index contributed by atoms with van der Waals surface area (Å²) in [5.41, 5.74) is 1.85. The van der Waals surface area contributed by atoms with Crippen molar-refractivity contribution in [1.29, 1.82) is 0 Å². The Morgan fingerprint density at radius 3 is 2.22 bits per heavy atom. The molecule has 5 heteroatoms. The largest absolute Gasteiger partial charge is 0.492 e. The van der Waals surface area contributed by atoms with Crippen LogP contribution in [0.1, 0.15) is 19.4 Å². The first-order valence-corrected chi connectivity index (χ1v) is 7.47. The lowest BCUT2D eigenvalue weighted by Gasteiger charge is -2.25. The van der Waals surface area contributed by atoms with E-state index in [4.69, 9.17) is 4.74 Å².